The van der Waals surface area contributed by atoms with Gasteiger partial charge >= 0.3 is 0 Å². The summed E-state index contributed by atoms with van der Waals surface area (Å²) in [6.07, 6.45) is 11.6. The molecule has 3 N–H and O–H groups in total. The Balaban J connectivity index is 0.790. The van der Waals surface area contributed by atoms with E-state index < -0.39 is 17.8 Å². The second-order valence-electron chi connectivity index (χ2n) is 16.4. The first-order valence-corrected chi connectivity index (χ1v) is 21.0. The maximum atomic E-state index is 15.3. The maximum absolute atomic E-state index is 15.3. The van der Waals surface area contributed by atoms with Gasteiger partial charge in [-0.15, -0.1) is 0 Å². The number of piperidine rings is 4. The molecule has 0 radical (unpaired) electrons. The Kier molecular flexibility index (Phi) is 11.2. The monoisotopic (exact) mass is 813 g/mol. The molecule has 7 heterocycles. The minimum absolute atomic E-state index is 0.0314. The number of benzene rings is 2. The summed E-state index contributed by atoms with van der Waals surface area (Å²) < 4.78 is 19.0. The van der Waals surface area contributed by atoms with E-state index in [0.29, 0.717) is 30.1 Å². The van der Waals surface area contributed by atoms with Crippen molar-refractivity contribution < 1.29 is 23.6 Å². The molecule has 0 saturated carbocycles. The van der Waals surface area contributed by atoms with E-state index in [1.165, 1.54) is 24.9 Å². The molecule has 9 rings (SSSR count). The lowest BCUT2D eigenvalue weighted by Gasteiger charge is -2.38. The van der Waals surface area contributed by atoms with E-state index >= 15 is 4.39 Å². The first kappa shape index (κ1) is 39.1. The van der Waals surface area contributed by atoms with Crippen molar-refractivity contribution in [1.82, 2.24) is 39.9 Å². The van der Waals surface area contributed by atoms with Crippen LogP contribution in [0.4, 0.5) is 21.5 Å². The molecule has 0 unspecified atom stereocenters. The Hall–Kier alpha value is -6.34. The van der Waals surface area contributed by atoms with Crippen molar-refractivity contribution >= 4 is 57.3 Å². The van der Waals surface area contributed by atoms with Crippen LogP contribution in [0.2, 0.25) is 0 Å². The molecule has 2 aromatic carbocycles. The summed E-state index contributed by atoms with van der Waals surface area (Å²) >= 11 is 0. The van der Waals surface area contributed by atoms with Gasteiger partial charge in [0.05, 0.1) is 34.5 Å². The number of hydrogen-bond donors (Lipinski definition) is 3. The molecular formula is C44H48FN11O4. The Morgan fingerprint density at radius 2 is 1.68 bits per heavy atom. The molecule has 310 valence electrons. The number of likely N-dealkylation sites (tertiary alicyclic amines) is 1. The maximum Gasteiger partial charge on any atom is 0.274 e. The topological polar surface area (TPSA) is 162 Å². The molecule has 4 aliphatic heterocycles. The number of aromatic nitrogens is 5. The predicted octanol–water partition coefficient (Wildman–Crippen LogP) is 4.93. The van der Waals surface area contributed by atoms with Crippen molar-refractivity contribution in [1.29, 1.82) is 0 Å². The van der Waals surface area contributed by atoms with Crippen LogP contribution in [-0.2, 0) is 9.59 Å². The van der Waals surface area contributed by atoms with Gasteiger partial charge in [-0.05, 0) is 99.7 Å². The first-order valence-electron chi connectivity index (χ1n) is 21.0. The lowest BCUT2D eigenvalue weighted by molar-refractivity contribution is 0.0934. The molecule has 0 bridgehead atoms. The standard InChI is InChI=1S/C44H48FN11O4/c45-35-22-33(8-9-34(35)43(59)49-36-10-7-31(26-57)48-39(36)27-58)53-19-11-29(12-20-53)24-52-17-13-32(14-18-52)55-25-30-21-38(41(23-37(30)51-55)54-15-2-1-3-16-54)50-44(60)40-5-4-6-42-46-28-47-56(40)42/h4-6,8-9,21-23,25,28-29,32,36,48H,1-3,7,10-20,24H2,(H,49,59)(H,50,60)/t36-/m0/s1. The van der Waals surface area contributed by atoms with Crippen molar-refractivity contribution in [2.24, 2.45) is 5.92 Å². The van der Waals surface area contributed by atoms with Crippen molar-refractivity contribution in [3.8, 4) is 0 Å². The number of anilines is 3. The number of amides is 2. The van der Waals surface area contributed by atoms with E-state index in [9.17, 15) is 19.2 Å². The minimum Gasteiger partial charge on any atom is -0.371 e. The van der Waals surface area contributed by atoms with Crippen molar-refractivity contribution in [3.05, 3.63) is 89.5 Å². The molecule has 4 aliphatic rings. The molecule has 15 nitrogen and oxygen atoms in total. The lowest BCUT2D eigenvalue weighted by Crippen LogP contribution is -2.44. The summed E-state index contributed by atoms with van der Waals surface area (Å²) in [5, 5.41) is 18.9. The van der Waals surface area contributed by atoms with Crippen LogP contribution in [0.3, 0.4) is 0 Å². The van der Waals surface area contributed by atoms with E-state index in [1.807, 2.05) is 12.1 Å². The van der Waals surface area contributed by atoms with Gasteiger partial charge in [0.15, 0.2) is 5.65 Å². The summed E-state index contributed by atoms with van der Waals surface area (Å²) in [7, 11) is 0. The lowest BCUT2D eigenvalue weighted by atomic mass is 9.94. The number of carbonyl (C=O) groups is 2. The fourth-order valence-corrected chi connectivity index (χ4v) is 9.26. The smallest absolute Gasteiger partial charge is 0.274 e. The number of pyridine rings is 1. The molecule has 2 amide bonds. The van der Waals surface area contributed by atoms with Gasteiger partial charge < -0.3 is 30.7 Å². The minimum atomic E-state index is -0.690. The SMILES string of the molecule is O=C=C1CC[C@H](NC(=O)c2ccc(N3CCC(CN4CCC(n5cc6cc(NC(=O)c7cccc8ncnn78)c(N7CCCCC7)cc6n5)CC4)CC3)cc2F)C(=C=O)N1. The average molecular weight is 814 g/mol. The van der Waals surface area contributed by atoms with Gasteiger partial charge in [-0.1, -0.05) is 6.07 Å². The van der Waals surface area contributed by atoms with Crippen molar-refractivity contribution in [2.75, 3.05) is 60.9 Å². The predicted molar refractivity (Wildman–Crippen MR) is 225 cm³/mol. The molecule has 1 atom stereocenters. The zero-order valence-electron chi connectivity index (χ0n) is 33.4. The number of halogens is 1. The van der Waals surface area contributed by atoms with Crippen LogP contribution < -0.4 is 25.8 Å². The van der Waals surface area contributed by atoms with Gasteiger partial charge in [-0.2, -0.15) is 10.2 Å². The van der Waals surface area contributed by atoms with Crippen LogP contribution in [0.1, 0.15) is 84.7 Å². The second kappa shape index (κ2) is 17.1. The van der Waals surface area contributed by atoms with Gasteiger partial charge in [-0.3, -0.25) is 14.3 Å². The summed E-state index contributed by atoms with van der Waals surface area (Å²) in [5.41, 5.74) is 4.63. The molecular weight excluding hydrogens is 766 g/mol. The highest BCUT2D eigenvalue weighted by Crippen LogP contribution is 2.35. The fourth-order valence-electron chi connectivity index (χ4n) is 9.26. The molecule has 4 saturated heterocycles. The number of allylic oxidation sites excluding steroid dienone is 1. The fraction of sp³-hybridized carbons (Fsp3) is 0.432. The largest absolute Gasteiger partial charge is 0.371 e. The highest BCUT2D eigenvalue weighted by molar-refractivity contribution is 6.07. The Morgan fingerprint density at radius 1 is 0.867 bits per heavy atom. The Labute approximate surface area is 346 Å². The molecule has 0 aliphatic carbocycles. The van der Waals surface area contributed by atoms with Gasteiger partial charge in [0.1, 0.15) is 41.1 Å². The summed E-state index contributed by atoms with van der Waals surface area (Å²) in [6, 6.07) is 13.9. The Morgan fingerprint density at radius 3 is 2.45 bits per heavy atom. The van der Waals surface area contributed by atoms with Crippen LogP contribution in [0.5, 0.6) is 0 Å². The number of nitrogens with one attached hydrogen (secondary N) is 3. The van der Waals surface area contributed by atoms with Gasteiger partial charge in [0.2, 0.25) is 0 Å². The van der Waals surface area contributed by atoms with E-state index in [2.05, 4.69) is 63.7 Å². The van der Waals surface area contributed by atoms with Crippen molar-refractivity contribution in [3.63, 3.8) is 0 Å². The van der Waals surface area contributed by atoms with E-state index in [0.717, 1.165) is 112 Å². The van der Waals surface area contributed by atoms with Crippen LogP contribution in [0.15, 0.2) is 72.4 Å². The normalized spacial score (nSPS) is 19.6. The quantitative estimate of drug-likeness (QED) is 0.173. The third kappa shape index (κ3) is 8.14. The zero-order valence-corrected chi connectivity index (χ0v) is 33.4. The number of carbonyl (C=O) groups excluding carboxylic acids is 4. The molecule has 60 heavy (non-hydrogen) atoms. The van der Waals surface area contributed by atoms with Crippen LogP contribution in [0, 0.1) is 11.7 Å². The van der Waals surface area contributed by atoms with E-state index in [1.54, 1.807) is 28.5 Å². The van der Waals surface area contributed by atoms with Crippen LogP contribution >= 0.6 is 0 Å². The number of rotatable bonds is 9. The van der Waals surface area contributed by atoms with Crippen LogP contribution in [-0.4, -0.2) is 105 Å². The molecule has 16 heteroatoms. The average Bonchev–Trinajstić information content (AvgIpc) is 3.94. The third-order valence-electron chi connectivity index (χ3n) is 12.6. The molecule has 4 fully saturated rings. The molecule has 0 spiro atoms. The van der Waals surface area contributed by atoms with E-state index in [4.69, 9.17) is 5.10 Å². The number of fused-ring (bicyclic) bond motifs is 2. The van der Waals surface area contributed by atoms with Gasteiger partial charge in [0, 0.05) is 69.5 Å². The summed E-state index contributed by atoms with van der Waals surface area (Å²) in [4.78, 5) is 60.2. The first-order chi connectivity index (χ1) is 29.3. The van der Waals surface area contributed by atoms with E-state index in [-0.39, 0.29) is 28.9 Å². The second-order valence-corrected chi connectivity index (χ2v) is 16.4. The summed E-state index contributed by atoms with van der Waals surface area (Å²) in [5.74, 6) is 2.51. The zero-order chi connectivity index (χ0) is 41.2. The van der Waals surface area contributed by atoms with Gasteiger partial charge in [0.25, 0.3) is 11.8 Å². The number of hydrogen-bond acceptors (Lipinski definition) is 11. The van der Waals surface area contributed by atoms with Crippen molar-refractivity contribution in [2.45, 2.75) is 69.9 Å². The summed E-state index contributed by atoms with van der Waals surface area (Å²) in [6.45, 7) is 6.47. The highest BCUT2D eigenvalue weighted by Gasteiger charge is 2.29. The molecule has 3 aromatic heterocycles. The highest BCUT2D eigenvalue weighted by atomic mass is 19.1. The number of nitrogens with zero attached hydrogens (tertiary/aromatic N) is 8. The third-order valence-corrected chi connectivity index (χ3v) is 12.6. The Bertz CT molecular complexity index is 2520. The van der Waals surface area contributed by atoms with Gasteiger partial charge in [-0.25, -0.2) is 23.5 Å². The molecule has 5 aromatic rings. The van der Waals surface area contributed by atoms with Crippen LogP contribution in [0.25, 0.3) is 16.6 Å².